The summed E-state index contributed by atoms with van der Waals surface area (Å²) in [4.78, 5) is 15.5. The van der Waals surface area contributed by atoms with Crippen molar-refractivity contribution in [3.05, 3.63) is 88.3 Å². The summed E-state index contributed by atoms with van der Waals surface area (Å²) < 4.78 is 11.7. The predicted molar refractivity (Wildman–Crippen MR) is 133 cm³/mol. The van der Waals surface area contributed by atoms with Crippen LogP contribution in [0.5, 0.6) is 5.75 Å². The third-order valence-electron chi connectivity index (χ3n) is 6.60. The molecule has 6 heteroatoms. The first-order valence-corrected chi connectivity index (χ1v) is 13.0. The van der Waals surface area contributed by atoms with Crippen LogP contribution in [-0.4, -0.2) is 29.0 Å². The third kappa shape index (κ3) is 5.10. The molecule has 33 heavy (non-hydrogen) atoms. The molecular weight excluding hydrogens is 454 g/mol. The van der Waals surface area contributed by atoms with Crippen molar-refractivity contribution in [1.82, 2.24) is 4.90 Å². The van der Waals surface area contributed by atoms with Gasteiger partial charge in [-0.2, -0.15) is 0 Å². The Labute approximate surface area is 204 Å². The average Bonchev–Trinajstić information content (AvgIpc) is 3.42. The molecule has 3 heterocycles. The minimum Gasteiger partial charge on any atom is -0.489 e. The van der Waals surface area contributed by atoms with E-state index >= 15 is 0 Å². The molecule has 2 saturated heterocycles. The largest absolute Gasteiger partial charge is 0.489 e. The molecule has 0 saturated carbocycles. The standard InChI is InChI=1S/C27H28ClNO3S/c1-18-4-11-25(28)26(13-18)32-24-14-21-9-10-22(15-24)29(21)27(30)20-7-5-19(6-8-20)16-33-17-23-3-2-12-31-23/h2-8,11-13,21-22,24H,9-10,14-17H2,1H3. The summed E-state index contributed by atoms with van der Waals surface area (Å²) >= 11 is 8.15. The topological polar surface area (TPSA) is 42.7 Å². The first-order valence-electron chi connectivity index (χ1n) is 11.5. The monoisotopic (exact) mass is 481 g/mol. The summed E-state index contributed by atoms with van der Waals surface area (Å²) in [7, 11) is 0. The second kappa shape index (κ2) is 9.86. The van der Waals surface area contributed by atoms with Crippen molar-refractivity contribution in [3.63, 3.8) is 0 Å². The number of fused-ring (bicyclic) bond motifs is 2. The highest BCUT2D eigenvalue weighted by atomic mass is 35.5. The molecule has 0 radical (unpaired) electrons. The number of carbonyl (C=O) groups is 1. The second-order valence-corrected chi connectivity index (χ2v) is 10.4. The summed E-state index contributed by atoms with van der Waals surface area (Å²) in [5.74, 6) is 3.62. The van der Waals surface area contributed by atoms with Gasteiger partial charge >= 0.3 is 0 Å². The summed E-state index contributed by atoms with van der Waals surface area (Å²) in [5, 5.41) is 0.647. The summed E-state index contributed by atoms with van der Waals surface area (Å²) in [6.07, 6.45) is 5.59. The Bertz CT molecular complexity index is 1090. The number of furan rings is 1. The molecule has 3 aromatic rings. The van der Waals surface area contributed by atoms with Gasteiger partial charge in [0, 0.05) is 36.2 Å². The number of thioether (sulfide) groups is 1. The number of amides is 1. The van der Waals surface area contributed by atoms with Gasteiger partial charge < -0.3 is 14.1 Å². The number of aryl methyl sites for hydroxylation is 1. The van der Waals surface area contributed by atoms with Gasteiger partial charge in [0.2, 0.25) is 0 Å². The number of piperidine rings is 1. The quantitative estimate of drug-likeness (QED) is 0.368. The van der Waals surface area contributed by atoms with Crippen LogP contribution >= 0.6 is 23.4 Å². The van der Waals surface area contributed by atoms with Crippen molar-refractivity contribution in [2.75, 3.05) is 0 Å². The van der Waals surface area contributed by atoms with Crippen LogP contribution in [0.25, 0.3) is 0 Å². The molecule has 1 amide bonds. The molecule has 0 N–H and O–H groups in total. The molecular formula is C27H28ClNO3S. The Morgan fingerprint density at radius 1 is 1.09 bits per heavy atom. The maximum absolute atomic E-state index is 13.4. The molecule has 2 aromatic carbocycles. The lowest BCUT2D eigenvalue weighted by Gasteiger charge is -2.39. The van der Waals surface area contributed by atoms with E-state index in [9.17, 15) is 4.79 Å². The maximum atomic E-state index is 13.4. The molecule has 2 atom stereocenters. The number of rotatable bonds is 7. The van der Waals surface area contributed by atoms with E-state index in [1.807, 2.05) is 61.2 Å². The minimum absolute atomic E-state index is 0.0967. The number of benzene rings is 2. The summed E-state index contributed by atoms with van der Waals surface area (Å²) in [6.45, 7) is 2.04. The molecule has 1 aromatic heterocycles. The molecule has 2 bridgehead atoms. The van der Waals surface area contributed by atoms with Crippen molar-refractivity contribution in [1.29, 1.82) is 0 Å². The van der Waals surface area contributed by atoms with Gasteiger partial charge in [-0.15, -0.1) is 11.8 Å². The van der Waals surface area contributed by atoms with Gasteiger partial charge in [0.1, 0.15) is 17.6 Å². The van der Waals surface area contributed by atoms with E-state index in [4.69, 9.17) is 20.8 Å². The van der Waals surface area contributed by atoms with Gasteiger partial charge in [-0.05, 0) is 67.3 Å². The molecule has 0 spiro atoms. The fraction of sp³-hybridized carbons (Fsp3) is 0.370. The van der Waals surface area contributed by atoms with E-state index in [1.54, 1.807) is 6.26 Å². The van der Waals surface area contributed by atoms with Gasteiger partial charge in [0.25, 0.3) is 5.91 Å². The lowest BCUT2D eigenvalue weighted by atomic mass is 9.98. The zero-order chi connectivity index (χ0) is 22.8. The van der Waals surface area contributed by atoms with Gasteiger partial charge in [-0.1, -0.05) is 29.8 Å². The highest BCUT2D eigenvalue weighted by Gasteiger charge is 2.44. The van der Waals surface area contributed by atoms with E-state index in [2.05, 4.69) is 17.0 Å². The van der Waals surface area contributed by atoms with Crippen molar-refractivity contribution in [3.8, 4) is 5.75 Å². The van der Waals surface area contributed by atoms with E-state index in [1.165, 1.54) is 5.56 Å². The van der Waals surface area contributed by atoms with Crippen molar-refractivity contribution >= 4 is 29.3 Å². The van der Waals surface area contributed by atoms with Crippen molar-refractivity contribution in [2.45, 2.75) is 62.3 Å². The van der Waals surface area contributed by atoms with Crippen LogP contribution in [0.3, 0.4) is 0 Å². The normalized spacial score (nSPS) is 21.9. The number of hydrogen-bond acceptors (Lipinski definition) is 4. The highest BCUT2D eigenvalue weighted by molar-refractivity contribution is 7.97. The van der Waals surface area contributed by atoms with Gasteiger partial charge in [0.15, 0.2) is 0 Å². The third-order valence-corrected chi connectivity index (χ3v) is 7.94. The Kier molecular flexibility index (Phi) is 6.70. The van der Waals surface area contributed by atoms with Crippen LogP contribution < -0.4 is 4.74 Å². The van der Waals surface area contributed by atoms with Gasteiger partial charge in [0.05, 0.1) is 17.0 Å². The molecule has 2 unspecified atom stereocenters. The van der Waals surface area contributed by atoms with Crippen LogP contribution in [0.2, 0.25) is 5.02 Å². The zero-order valence-electron chi connectivity index (χ0n) is 18.7. The van der Waals surface area contributed by atoms with E-state index < -0.39 is 0 Å². The number of ether oxygens (including phenoxy) is 1. The average molecular weight is 482 g/mol. The van der Waals surface area contributed by atoms with E-state index in [0.29, 0.717) is 5.02 Å². The highest BCUT2D eigenvalue weighted by Crippen LogP contribution is 2.39. The first kappa shape index (κ1) is 22.4. The number of carbonyl (C=O) groups excluding carboxylic acids is 1. The molecule has 5 rings (SSSR count). The van der Waals surface area contributed by atoms with Crippen LogP contribution in [0.15, 0.2) is 65.3 Å². The lowest BCUT2D eigenvalue weighted by molar-refractivity contribution is 0.0359. The van der Waals surface area contributed by atoms with Crippen molar-refractivity contribution in [2.24, 2.45) is 0 Å². The summed E-state index contributed by atoms with van der Waals surface area (Å²) in [6, 6.07) is 18.3. The molecule has 172 valence electrons. The number of hydrogen-bond donors (Lipinski definition) is 0. The Morgan fingerprint density at radius 2 is 1.85 bits per heavy atom. The SMILES string of the molecule is Cc1ccc(Cl)c(OC2CC3CCC(C2)N3C(=O)c2ccc(CSCc3ccco3)cc2)c1. The Hall–Kier alpha value is -2.37. The predicted octanol–water partition coefficient (Wildman–Crippen LogP) is 6.89. The summed E-state index contributed by atoms with van der Waals surface area (Å²) in [5.41, 5.74) is 3.12. The number of nitrogens with zero attached hydrogens (tertiary/aromatic N) is 1. The Morgan fingerprint density at radius 3 is 2.55 bits per heavy atom. The molecule has 0 aliphatic carbocycles. The van der Waals surface area contributed by atoms with Gasteiger partial charge in [-0.25, -0.2) is 0 Å². The number of halogens is 1. The second-order valence-electron chi connectivity index (χ2n) is 9.01. The molecule has 2 aliphatic rings. The zero-order valence-corrected chi connectivity index (χ0v) is 20.3. The van der Waals surface area contributed by atoms with Crippen LogP contribution in [-0.2, 0) is 11.5 Å². The molecule has 2 aliphatic heterocycles. The Balaban J connectivity index is 1.19. The fourth-order valence-electron chi connectivity index (χ4n) is 4.99. The molecule has 4 nitrogen and oxygen atoms in total. The van der Waals surface area contributed by atoms with Crippen molar-refractivity contribution < 1.29 is 13.9 Å². The van der Waals surface area contributed by atoms with Crippen LogP contribution in [0.4, 0.5) is 0 Å². The lowest BCUT2D eigenvalue weighted by Crippen LogP contribution is -2.49. The fourth-order valence-corrected chi connectivity index (χ4v) is 6.05. The minimum atomic E-state index is 0.0967. The van der Waals surface area contributed by atoms with Gasteiger partial charge in [-0.3, -0.25) is 4.79 Å². The van der Waals surface area contributed by atoms with Crippen LogP contribution in [0.1, 0.15) is 52.9 Å². The first-order chi connectivity index (χ1) is 16.1. The smallest absolute Gasteiger partial charge is 0.254 e. The van der Waals surface area contributed by atoms with E-state index in [0.717, 1.165) is 59.8 Å². The van der Waals surface area contributed by atoms with Crippen LogP contribution in [0, 0.1) is 6.92 Å². The maximum Gasteiger partial charge on any atom is 0.254 e. The molecule has 2 fully saturated rings. The van der Waals surface area contributed by atoms with E-state index in [-0.39, 0.29) is 24.1 Å².